The molecule has 0 atom stereocenters. The maximum atomic E-state index is 2.62. The van der Waals surface area contributed by atoms with Crippen molar-refractivity contribution in [1.82, 2.24) is 0 Å². The molecule has 178 valence electrons. The summed E-state index contributed by atoms with van der Waals surface area (Å²) in [7, 11) is 0. The van der Waals surface area contributed by atoms with E-state index in [0.29, 0.717) is 0 Å². The van der Waals surface area contributed by atoms with Gasteiger partial charge in [0.15, 0.2) is 0 Å². The second-order valence-corrected chi connectivity index (χ2v) is 9.53. The van der Waals surface area contributed by atoms with Crippen molar-refractivity contribution in [2.75, 3.05) is 29.6 Å². The molecule has 35 heavy (non-hydrogen) atoms. The molecule has 0 unspecified atom stereocenters. The van der Waals surface area contributed by atoms with E-state index in [2.05, 4.69) is 121 Å². The Bertz CT molecular complexity index is 1150. The van der Waals surface area contributed by atoms with E-state index in [1.165, 1.54) is 44.8 Å². The number of benzene rings is 4. The highest BCUT2D eigenvalue weighted by atomic mass is 15.4. The minimum Gasteiger partial charge on any atom is -0.351 e. The zero-order chi connectivity index (χ0) is 24.0. The van der Waals surface area contributed by atoms with Gasteiger partial charge in [0.25, 0.3) is 0 Å². The first-order chi connectivity index (χ1) is 17.3. The lowest BCUT2D eigenvalue weighted by molar-refractivity contribution is 0.881. The number of nitrogens with zero attached hydrogens (tertiary/aromatic N) is 2. The van der Waals surface area contributed by atoms with Gasteiger partial charge in [0.05, 0.1) is 6.67 Å². The van der Waals surface area contributed by atoms with E-state index in [1.54, 1.807) is 0 Å². The molecule has 0 aliphatic carbocycles. The summed E-state index contributed by atoms with van der Waals surface area (Å²) in [6.45, 7) is 7.55. The standard InChI is InChI=1S/C33H36N2/c1-3-13-28-19-11-21-30(26-15-7-5-8-16-26)32(28)34-23-24-35(25-34)33-29(14-4-2)20-12-22-31(33)27-17-9-6-10-18-27/h5-12,15-22H,3-4,13-14,23-25H2,1-2H3. The van der Waals surface area contributed by atoms with Crippen LogP contribution in [-0.2, 0) is 12.8 Å². The van der Waals surface area contributed by atoms with E-state index in [9.17, 15) is 0 Å². The molecule has 1 heterocycles. The summed E-state index contributed by atoms with van der Waals surface area (Å²) in [5.41, 5.74) is 11.0. The van der Waals surface area contributed by atoms with Gasteiger partial charge in [-0.15, -0.1) is 0 Å². The second-order valence-electron chi connectivity index (χ2n) is 9.53. The second kappa shape index (κ2) is 10.8. The van der Waals surface area contributed by atoms with Crippen molar-refractivity contribution in [3.63, 3.8) is 0 Å². The molecular weight excluding hydrogens is 424 g/mol. The average molecular weight is 461 g/mol. The SMILES string of the molecule is CCCc1cccc(-c2ccccc2)c1N1CCN(c2c(CCC)cccc2-c2ccccc2)C1. The lowest BCUT2D eigenvalue weighted by atomic mass is 9.97. The molecule has 0 saturated carbocycles. The first-order valence-electron chi connectivity index (χ1n) is 13.1. The molecule has 1 fully saturated rings. The van der Waals surface area contributed by atoms with Crippen LogP contribution in [0.5, 0.6) is 0 Å². The van der Waals surface area contributed by atoms with Gasteiger partial charge in [0.2, 0.25) is 0 Å². The lowest BCUT2D eigenvalue weighted by Gasteiger charge is -2.28. The van der Waals surface area contributed by atoms with Crippen molar-refractivity contribution >= 4 is 11.4 Å². The Balaban J connectivity index is 1.56. The molecule has 1 saturated heterocycles. The van der Waals surface area contributed by atoms with Crippen LogP contribution >= 0.6 is 0 Å². The Morgan fingerprint density at radius 2 is 0.943 bits per heavy atom. The maximum absolute atomic E-state index is 2.62. The van der Waals surface area contributed by atoms with Crippen LogP contribution in [0.25, 0.3) is 22.3 Å². The first kappa shape index (κ1) is 23.2. The normalized spacial score (nSPS) is 13.4. The zero-order valence-electron chi connectivity index (χ0n) is 21.1. The van der Waals surface area contributed by atoms with Gasteiger partial charge in [-0.25, -0.2) is 0 Å². The fourth-order valence-corrected chi connectivity index (χ4v) is 5.53. The van der Waals surface area contributed by atoms with Gasteiger partial charge in [-0.3, -0.25) is 0 Å². The molecule has 0 radical (unpaired) electrons. The third-order valence-corrected chi connectivity index (χ3v) is 7.06. The summed E-state index contributed by atoms with van der Waals surface area (Å²) >= 11 is 0. The fraction of sp³-hybridized carbons (Fsp3) is 0.273. The van der Waals surface area contributed by atoms with E-state index < -0.39 is 0 Å². The van der Waals surface area contributed by atoms with Crippen LogP contribution < -0.4 is 9.80 Å². The third-order valence-electron chi connectivity index (χ3n) is 7.06. The highest BCUT2D eigenvalue weighted by molar-refractivity contribution is 5.84. The van der Waals surface area contributed by atoms with Crippen LogP contribution in [0.3, 0.4) is 0 Å². The quantitative estimate of drug-likeness (QED) is 0.261. The van der Waals surface area contributed by atoms with Crippen molar-refractivity contribution in [2.45, 2.75) is 39.5 Å². The highest BCUT2D eigenvalue weighted by Gasteiger charge is 2.27. The summed E-state index contributed by atoms with van der Waals surface area (Å²) < 4.78 is 0. The predicted octanol–water partition coefficient (Wildman–Crippen LogP) is 8.21. The Hall–Kier alpha value is -3.52. The molecule has 1 aliphatic heterocycles. The van der Waals surface area contributed by atoms with E-state index in [1.807, 2.05) is 0 Å². The van der Waals surface area contributed by atoms with Crippen molar-refractivity contribution < 1.29 is 0 Å². The van der Waals surface area contributed by atoms with Crippen LogP contribution in [0, 0.1) is 0 Å². The van der Waals surface area contributed by atoms with Gasteiger partial charge in [-0.2, -0.15) is 0 Å². The molecule has 0 aromatic heterocycles. The lowest BCUT2D eigenvalue weighted by Crippen LogP contribution is -2.27. The molecule has 2 heteroatoms. The number of anilines is 2. The van der Waals surface area contributed by atoms with Crippen molar-refractivity contribution in [1.29, 1.82) is 0 Å². The summed E-state index contributed by atoms with van der Waals surface area (Å²) in [5, 5.41) is 0. The minimum atomic E-state index is 0.918. The molecule has 1 aliphatic rings. The smallest absolute Gasteiger partial charge is 0.0904 e. The van der Waals surface area contributed by atoms with Crippen LogP contribution in [-0.4, -0.2) is 19.8 Å². The van der Waals surface area contributed by atoms with Gasteiger partial charge in [0, 0.05) is 35.6 Å². The predicted molar refractivity (Wildman–Crippen MR) is 151 cm³/mol. The van der Waals surface area contributed by atoms with Crippen LogP contribution in [0.2, 0.25) is 0 Å². The molecule has 5 rings (SSSR count). The number of aryl methyl sites for hydroxylation is 2. The monoisotopic (exact) mass is 460 g/mol. The van der Waals surface area contributed by atoms with Crippen LogP contribution in [0.15, 0.2) is 97.1 Å². The Labute approximate surface area is 210 Å². The number of rotatable bonds is 8. The van der Waals surface area contributed by atoms with E-state index >= 15 is 0 Å². The van der Waals surface area contributed by atoms with Gasteiger partial charge >= 0.3 is 0 Å². The molecule has 0 spiro atoms. The summed E-state index contributed by atoms with van der Waals surface area (Å²) in [4.78, 5) is 5.23. The Morgan fingerprint density at radius 3 is 1.34 bits per heavy atom. The topological polar surface area (TPSA) is 6.48 Å². The van der Waals surface area contributed by atoms with Crippen molar-refractivity contribution in [3.05, 3.63) is 108 Å². The summed E-state index contributed by atoms with van der Waals surface area (Å²) in [5.74, 6) is 0. The minimum absolute atomic E-state index is 0.918. The molecule has 0 N–H and O–H groups in total. The summed E-state index contributed by atoms with van der Waals surface area (Å²) in [6.07, 6.45) is 4.52. The molecule has 4 aromatic carbocycles. The zero-order valence-corrected chi connectivity index (χ0v) is 21.1. The van der Waals surface area contributed by atoms with E-state index in [0.717, 1.165) is 45.4 Å². The number of para-hydroxylation sites is 2. The summed E-state index contributed by atoms with van der Waals surface area (Å²) in [6, 6.07) is 35.5. The first-order valence-corrected chi connectivity index (χ1v) is 13.1. The fourth-order valence-electron chi connectivity index (χ4n) is 5.53. The molecule has 0 amide bonds. The third kappa shape index (κ3) is 4.84. The average Bonchev–Trinajstić information content (AvgIpc) is 3.39. The Morgan fingerprint density at radius 1 is 0.514 bits per heavy atom. The highest BCUT2D eigenvalue weighted by Crippen LogP contribution is 2.40. The van der Waals surface area contributed by atoms with Gasteiger partial charge < -0.3 is 9.80 Å². The number of hydrogen-bond acceptors (Lipinski definition) is 2. The van der Waals surface area contributed by atoms with Crippen molar-refractivity contribution in [3.8, 4) is 22.3 Å². The van der Waals surface area contributed by atoms with Crippen LogP contribution in [0.4, 0.5) is 11.4 Å². The molecule has 4 aromatic rings. The van der Waals surface area contributed by atoms with E-state index in [-0.39, 0.29) is 0 Å². The van der Waals surface area contributed by atoms with Crippen LogP contribution in [0.1, 0.15) is 37.8 Å². The van der Waals surface area contributed by atoms with Crippen molar-refractivity contribution in [2.24, 2.45) is 0 Å². The number of hydrogen-bond donors (Lipinski definition) is 0. The van der Waals surface area contributed by atoms with Gasteiger partial charge in [-0.1, -0.05) is 124 Å². The van der Waals surface area contributed by atoms with E-state index in [4.69, 9.17) is 0 Å². The maximum Gasteiger partial charge on any atom is 0.0904 e. The van der Waals surface area contributed by atoms with Gasteiger partial charge in [0.1, 0.15) is 0 Å². The largest absolute Gasteiger partial charge is 0.351 e. The molecule has 0 bridgehead atoms. The molecular formula is C33H36N2. The van der Waals surface area contributed by atoms with Gasteiger partial charge in [-0.05, 0) is 35.1 Å². The molecule has 2 nitrogen and oxygen atoms in total. The Kier molecular flexibility index (Phi) is 7.18.